The molecule has 1 aromatic heterocycles. The molecule has 0 spiro atoms. The molecule has 7 rings (SSSR count). The number of benzene rings is 6. The summed E-state index contributed by atoms with van der Waals surface area (Å²) in [7, 11) is 31.8. The van der Waals surface area contributed by atoms with E-state index in [0.29, 0.717) is 5.52 Å². The van der Waals surface area contributed by atoms with Gasteiger partial charge in [-0.05, 0) is 45.2 Å². The second kappa shape index (κ2) is 9.88. The Morgan fingerprint density at radius 2 is 1.00 bits per heavy atom. The van der Waals surface area contributed by atoms with Crippen molar-refractivity contribution in [2.45, 2.75) is 10.3 Å². The van der Waals surface area contributed by atoms with Crippen molar-refractivity contribution in [1.29, 1.82) is 0 Å². The predicted octanol–water partition coefficient (Wildman–Crippen LogP) is 6.73. The molecule has 0 unspecified atom stereocenters. The predicted molar refractivity (Wildman–Crippen MR) is 180 cm³/mol. The highest BCUT2D eigenvalue weighted by Gasteiger charge is 2.37. The maximum absolute atomic E-state index is 6.63. The zero-order chi connectivity index (χ0) is 29.1. The van der Waals surface area contributed by atoms with E-state index in [1.54, 1.807) is 0 Å². The first-order valence-corrected chi connectivity index (χ1v) is 13.8. The highest BCUT2D eigenvalue weighted by atomic mass is 15.1. The summed E-state index contributed by atoms with van der Waals surface area (Å²) >= 11 is 0. The number of aromatic nitrogens is 2. The van der Waals surface area contributed by atoms with E-state index in [-0.39, 0.29) is 5.82 Å². The maximum atomic E-state index is 6.63. The van der Waals surface area contributed by atoms with E-state index in [9.17, 15) is 0 Å². The zero-order valence-corrected chi connectivity index (χ0v) is 22.9. The SMILES string of the molecule is [B]C([B])([B])C([B])([B])c1nc2ccccc2n1-c1c2ccccc2c(-c2ccccc2-c2ccccc2)c2ccccc12. The van der Waals surface area contributed by atoms with Crippen molar-refractivity contribution in [3.63, 3.8) is 0 Å². The van der Waals surface area contributed by atoms with Crippen LogP contribution in [0.3, 0.4) is 0 Å². The molecule has 1 heterocycles. The van der Waals surface area contributed by atoms with E-state index in [4.69, 9.17) is 44.2 Å². The number of imidazole rings is 1. The second-order valence-electron chi connectivity index (χ2n) is 10.8. The third-order valence-corrected chi connectivity index (χ3v) is 8.06. The van der Waals surface area contributed by atoms with Gasteiger partial charge in [0.2, 0.25) is 0 Å². The van der Waals surface area contributed by atoms with Gasteiger partial charge < -0.3 is 0 Å². The lowest BCUT2D eigenvalue weighted by atomic mass is 9.23. The van der Waals surface area contributed by atoms with Crippen molar-refractivity contribution in [3.05, 3.63) is 133 Å². The van der Waals surface area contributed by atoms with Gasteiger partial charge in [0, 0.05) is 10.8 Å². The van der Waals surface area contributed by atoms with E-state index in [0.717, 1.165) is 55.0 Å². The van der Waals surface area contributed by atoms with Crippen LogP contribution in [0.4, 0.5) is 0 Å². The average Bonchev–Trinajstić information content (AvgIpc) is 3.40. The number of fused-ring (bicyclic) bond motifs is 3. The molecular formula is C35H21B5N2. The third kappa shape index (κ3) is 4.06. The maximum Gasteiger partial charge on any atom is 0.101 e. The standard InChI is InChI=1S/C35H21B5N2/c36-34(37,35(38,39)40)33-41-29-20-10-11-21-30(29)42(33)32-27-18-8-6-16-25(27)31(26-17-7-9-19-28(26)32)24-15-5-4-14-23(24)22-12-2-1-3-13-22/h1-21H. The van der Waals surface area contributed by atoms with Gasteiger partial charge in [-0.15, -0.1) is 5.11 Å². The molecule has 0 bridgehead atoms. The van der Waals surface area contributed by atoms with Gasteiger partial charge in [0.05, 0.1) is 56.0 Å². The Morgan fingerprint density at radius 1 is 0.500 bits per heavy atom. The van der Waals surface area contributed by atoms with Crippen LogP contribution >= 0.6 is 0 Å². The minimum Gasteiger partial charge on any atom is -0.296 e. The van der Waals surface area contributed by atoms with Crippen LogP contribution in [0.25, 0.3) is 60.5 Å². The smallest absolute Gasteiger partial charge is 0.101 e. The van der Waals surface area contributed by atoms with Gasteiger partial charge >= 0.3 is 0 Å². The molecule has 7 heteroatoms. The lowest BCUT2D eigenvalue weighted by Gasteiger charge is -2.41. The van der Waals surface area contributed by atoms with Crippen molar-refractivity contribution in [2.24, 2.45) is 0 Å². The van der Waals surface area contributed by atoms with E-state index < -0.39 is 10.3 Å². The van der Waals surface area contributed by atoms with E-state index in [1.807, 2.05) is 47.0 Å². The fourth-order valence-electron chi connectivity index (χ4n) is 5.93. The Labute approximate surface area is 252 Å². The van der Waals surface area contributed by atoms with E-state index >= 15 is 0 Å². The van der Waals surface area contributed by atoms with Crippen LogP contribution in [0.15, 0.2) is 127 Å². The number of rotatable bonds is 5. The van der Waals surface area contributed by atoms with Crippen molar-refractivity contribution in [1.82, 2.24) is 9.55 Å². The summed E-state index contributed by atoms with van der Waals surface area (Å²) in [5, 5.41) is 0.297. The average molecular weight is 524 g/mol. The van der Waals surface area contributed by atoms with Crippen LogP contribution < -0.4 is 0 Å². The van der Waals surface area contributed by atoms with Gasteiger partial charge in [0.25, 0.3) is 0 Å². The Kier molecular flexibility index (Phi) is 6.24. The molecule has 2 nitrogen and oxygen atoms in total. The van der Waals surface area contributed by atoms with Gasteiger partial charge in [0.1, 0.15) is 5.82 Å². The summed E-state index contributed by atoms with van der Waals surface area (Å²) in [6.07, 6.45) is 0. The fraction of sp³-hybridized carbons (Fsp3) is 0.0571. The molecule has 0 atom stereocenters. The molecule has 0 N–H and O–H groups in total. The first-order chi connectivity index (χ1) is 20.3. The normalized spacial score (nSPS) is 12.3. The highest BCUT2D eigenvalue weighted by Crippen LogP contribution is 2.46. The summed E-state index contributed by atoms with van der Waals surface area (Å²) in [5.74, 6) is 0.268. The molecule has 0 amide bonds. The third-order valence-electron chi connectivity index (χ3n) is 8.06. The van der Waals surface area contributed by atoms with Crippen LogP contribution in [0, 0.1) is 0 Å². The van der Waals surface area contributed by atoms with Crippen LogP contribution in [0.1, 0.15) is 5.82 Å². The first-order valence-electron chi connectivity index (χ1n) is 13.8. The Morgan fingerprint density at radius 3 is 1.62 bits per heavy atom. The molecule has 10 radical (unpaired) electrons. The summed E-state index contributed by atoms with van der Waals surface area (Å²) in [6, 6.07) is 43.4. The molecule has 0 saturated carbocycles. The fourth-order valence-corrected chi connectivity index (χ4v) is 5.93. The highest BCUT2D eigenvalue weighted by molar-refractivity contribution is 6.67. The van der Waals surface area contributed by atoms with Crippen LogP contribution in [-0.2, 0) is 5.21 Å². The van der Waals surface area contributed by atoms with Crippen molar-refractivity contribution >= 4 is 71.8 Å². The molecule has 0 aliphatic carbocycles. The van der Waals surface area contributed by atoms with Crippen molar-refractivity contribution in [2.75, 3.05) is 0 Å². The van der Waals surface area contributed by atoms with Gasteiger partial charge in [-0.25, -0.2) is 4.98 Å². The van der Waals surface area contributed by atoms with E-state index in [2.05, 4.69) is 84.9 Å². The summed E-state index contributed by atoms with van der Waals surface area (Å²) in [4.78, 5) is 4.85. The van der Waals surface area contributed by atoms with Gasteiger partial charge in [-0.1, -0.05) is 120 Å². The lowest BCUT2D eigenvalue weighted by molar-refractivity contribution is 0.759. The molecule has 0 aliphatic rings. The molecule has 6 aromatic carbocycles. The lowest BCUT2D eigenvalue weighted by Crippen LogP contribution is -2.45. The van der Waals surface area contributed by atoms with Crippen molar-refractivity contribution in [3.8, 4) is 27.9 Å². The molecule has 0 saturated heterocycles. The Balaban J connectivity index is 1.66. The largest absolute Gasteiger partial charge is 0.296 e. The molecular weight excluding hydrogens is 502 g/mol. The zero-order valence-electron chi connectivity index (χ0n) is 22.9. The van der Waals surface area contributed by atoms with E-state index in [1.165, 1.54) is 0 Å². The summed E-state index contributed by atoms with van der Waals surface area (Å²) in [5.41, 5.74) is 6.94. The quantitative estimate of drug-likeness (QED) is 0.181. The minimum atomic E-state index is -1.95. The molecule has 7 aromatic rings. The number of hydrogen-bond donors (Lipinski definition) is 0. The number of para-hydroxylation sites is 2. The van der Waals surface area contributed by atoms with Gasteiger partial charge in [0.15, 0.2) is 0 Å². The Bertz CT molecular complexity index is 2050. The van der Waals surface area contributed by atoms with Crippen LogP contribution in [-0.4, -0.2) is 48.8 Å². The molecule has 0 fully saturated rings. The monoisotopic (exact) mass is 524 g/mol. The Hall–Kier alpha value is -4.37. The summed E-state index contributed by atoms with van der Waals surface area (Å²) < 4.78 is 1.97. The first kappa shape index (κ1) is 26.5. The molecule has 0 aliphatic heterocycles. The second-order valence-corrected chi connectivity index (χ2v) is 10.8. The van der Waals surface area contributed by atoms with Gasteiger partial charge in [-0.2, -0.15) is 0 Å². The number of hydrogen-bond acceptors (Lipinski definition) is 1. The molecule has 42 heavy (non-hydrogen) atoms. The molecule has 186 valence electrons. The van der Waals surface area contributed by atoms with Crippen LogP contribution in [0.2, 0.25) is 5.11 Å². The van der Waals surface area contributed by atoms with Crippen LogP contribution in [0.5, 0.6) is 0 Å². The van der Waals surface area contributed by atoms with Crippen molar-refractivity contribution < 1.29 is 0 Å². The van der Waals surface area contributed by atoms with Gasteiger partial charge in [-0.3, -0.25) is 4.57 Å². The summed E-state index contributed by atoms with van der Waals surface area (Å²) in [6.45, 7) is 0. The topological polar surface area (TPSA) is 17.8 Å². The minimum absolute atomic E-state index is 0.268. The number of nitrogens with zero attached hydrogens (tertiary/aromatic N) is 2.